The number of para-hydroxylation sites is 1. The molecule has 140 valence electrons. The van der Waals surface area contributed by atoms with Crippen LogP contribution in [0.1, 0.15) is 28.4 Å². The molecule has 0 bridgehead atoms. The lowest BCUT2D eigenvalue weighted by Crippen LogP contribution is -2.33. The highest BCUT2D eigenvalue weighted by Crippen LogP contribution is 2.27. The van der Waals surface area contributed by atoms with Gasteiger partial charge >= 0.3 is 0 Å². The Kier molecular flexibility index (Phi) is 5.72. The van der Waals surface area contributed by atoms with Gasteiger partial charge in [0, 0.05) is 24.8 Å². The largest absolute Gasteiger partial charge is 0.395 e. The van der Waals surface area contributed by atoms with Crippen molar-refractivity contribution in [2.45, 2.75) is 20.8 Å². The van der Waals surface area contributed by atoms with Gasteiger partial charge in [0.1, 0.15) is 5.69 Å². The molecule has 0 radical (unpaired) electrons. The molecule has 3 aromatic rings. The highest BCUT2D eigenvalue weighted by molar-refractivity contribution is 6.00. The zero-order valence-corrected chi connectivity index (χ0v) is 16.0. The summed E-state index contributed by atoms with van der Waals surface area (Å²) < 4.78 is 1.74. The topological polar surface area (TPSA) is 58.4 Å². The van der Waals surface area contributed by atoms with Crippen LogP contribution in [0.4, 0.5) is 0 Å². The Bertz CT molecular complexity index is 932. The van der Waals surface area contributed by atoms with Crippen LogP contribution in [0.2, 0.25) is 0 Å². The Hall–Kier alpha value is -2.92. The number of carbonyl (C=O) groups excluding carboxylic acids is 1. The molecule has 1 amide bonds. The van der Waals surface area contributed by atoms with E-state index in [1.165, 1.54) is 5.56 Å². The summed E-state index contributed by atoms with van der Waals surface area (Å²) >= 11 is 0. The second-order valence-electron chi connectivity index (χ2n) is 6.58. The van der Waals surface area contributed by atoms with E-state index in [0.717, 1.165) is 16.8 Å². The lowest BCUT2D eigenvalue weighted by molar-refractivity contribution is 0.0732. The van der Waals surface area contributed by atoms with Crippen molar-refractivity contribution in [3.8, 4) is 16.9 Å². The summed E-state index contributed by atoms with van der Waals surface area (Å²) in [6.07, 6.45) is 1.78. The Labute approximate surface area is 159 Å². The lowest BCUT2D eigenvalue weighted by atomic mass is 10.0. The standard InChI is InChI=1S/C22H25N3O2/c1-4-24(12-13-26)22(27)20-15-25(19-8-6-5-7-9-19)23-21(20)18-11-10-16(2)17(3)14-18/h5-11,14-15,26H,4,12-13H2,1-3H3. The molecule has 0 aliphatic carbocycles. The van der Waals surface area contributed by atoms with Gasteiger partial charge in [-0.05, 0) is 50.1 Å². The Morgan fingerprint density at radius 3 is 2.48 bits per heavy atom. The molecule has 1 N–H and O–H groups in total. The molecule has 5 heteroatoms. The highest BCUT2D eigenvalue weighted by atomic mass is 16.3. The predicted molar refractivity (Wildman–Crippen MR) is 107 cm³/mol. The van der Waals surface area contributed by atoms with E-state index in [0.29, 0.717) is 24.3 Å². The monoisotopic (exact) mass is 363 g/mol. The minimum atomic E-state index is -0.123. The lowest BCUT2D eigenvalue weighted by Gasteiger charge is -2.19. The third-order valence-electron chi connectivity index (χ3n) is 4.78. The van der Waals surface area contributed by atoms with Crippen molar-refractivity contribution in [1.82, 2.24) is 14.7 Å². The van der Waals surface area contributed by atoms with Gasteiger partial charge in [0.15, 0.2) is 0 Å². The van der Waals surface area contributed by atoms with E-state index in [1.54, 1.807) is 15.8 Å². The number of aliphatic hydroxyl groups is 1. The molecule has 3 rings (SSSR count). The minimum Gasteiger partial charge on any atom is -0.395 e. The first-order valence-electron chi connectivity index (χ1n) is 9.18. The van der Waals surface area contributed by atoms with Crippen molar-refractivity contribution in [2.24, 2.45) is 0 Å². The van der Waals surface area contributed by atoms with Gasteiger partial charge in [-0.2, -0.15) is 5.10 Å². The number of aliphatic hydroxyl groups excluding tert-OH is 1. The summed E-state index contributed by atoms with van der Waals surface area (Å²) in [7, 11) is 0. The second kappa shape index (κ2) is 8.18. The van der Waals surface area contributed by atoms with Gasteiger partial charge in [-0.1, -0.05) is 30.3 Å². The molecular weight excluding hydrogens is 338 g/mol. The maximum absolute atomic E-state index is 13.1. The van der Waals surface area contributed by atoms with Crippen molar-refractivity contribution in [1.29, 1.82) is 0 Å². The number of hydrogen-bond donors (Lipinski definition) is 1. The molecule has 0 fully saturated rings. The predicted octanol–water partition coefficient (Wildman–Crippen LogP) is 3.61. The molecule has 5 nitrogen and oxygen atoms in total. The number of likely N-dealkylation sites (N-methyl/N-ethyl adjacent to an activating group) is 1. The summed E-state index contributed by atoms with van der Waals surface area (Å²) in [5.41, 5.74) is 5.36. The van der Waals surface area contributed by atoms with E-state index in [4.69, 9.17) is 5.10 Å². The number of nitrogens with zero attached hydrogens (tertiary/aromatic N) is 3. The molecule has 2 aromatic carbocycles. The molecular formula is C22H25N3O2. The molecule has 0 unspecified atom stereocenters. The van der Waals surface area contributed by atoms with E-state index >= 15 is 0 Å². The Morgan fingerprint density at radius 1 is 1.11 bits per heavy atom. The number of rotatable bonds is 6. The molecule has 0 aliphatic heterocycles. The SMILES string of the molecule is CCN(CCO)C(=O)c1cn(-c2ccccc2)nc1-c1ccc(C)c(C)c1. The van der Waals surface area contributed by atoms with Crippen LogP contribution in [0.15, 0.2) is 54.7 Å². The first-order valence-corrected chi connectivity index (χ1v) is 9.18. The van der Waals surface area contributed by atoms with E-state index < -0.39 is 0 Å². The van der Waals surface area contributed by atoms with Crippen LogP contribution >= 0.6 is 0 Å². The summed E-state index contributed by atoms with van der Waals surface area (Å²) in [5.74, 6) is -0.123. The third-order valence-corrected chi connectivity index (χ3v) is 4.78. The van der Waals surface area contributed by atoms with Crippen molar-refractivity contribution in [2.75, 3.05) is 19.7 Å². The summed E-state index contributed by atoms with van der Waals surface area (Å²) in [6.45, 7) is 6.79. The number of aryl methyl sites for hydroxylation is 2. The van der Waals surface area contributed by atoms with E-state index in [9.17, 15) is 9.90 Å². The molecule has 27 heavy (non-hydrogen) atoms. The first kappa shape index (κ1) is 18.9. The fraction of sp³-hybridized carbons (Fsp3) is 0.273. The van der Waals surface area contributed by atoms with Crippen LogP contribution in [0.5, 0.6) is 0 Å². The zero-order chi connectivity index (χ0) is 19.4. The van der Waals surface area contributed by atoms with Crippen LogP contribution < -0.4 is 0 Å². The van der Waals surface area contributed by atoms with Crippen molar-refractivity contribution < 1.29 is 9.90 Å². The number of aromatic nitrogens is 2. The number of carbonyl (C=O) groups is 1. The van der Waals surface area contributed by atoms with Crippen LogP contribution in [0.3, 0.4) is 0 Å². The quantitative estimate of drug-likeness (QED) is 0.728. The molecule has 0 spiro atoms. The van der Waals surface area contributed by atoms with E-state index in [1.807, 2.05) is 49.4 Å². The summed E-state index contributed by atoms with van der Waals surface area (Å²) in [5, 5.41) is 14.0. The molecule has 0 atom stereocenters. The van der Waals surface area contributed by atoms with Gasteiger partial charge in [0.2, 0.25) is 0 Å². The van der Waals surface area contributed by atoms with Gasteiger partial charge in [-0.25, -0.2) is 4.68 Å². The minimum absolute atomic E-state index is 0.0641. The zero-order valence-electron chi connectivity index (χ0n) is 16.0. The summed E-state index contributed by atoms with van der Waals surface area (Å²) in [6, 6.07) is 15.9. The number of amides is 1. The molecule has 0 saturated heterocycles. The van der Waals surface area contributed by atoms with Gasteiger partial charge < -0.3 is 10.0 Å². The molecule has 1 heterocycles. The molecule has 1 aromatic heterocycles. The molecule has 0 aliphatic rings. The van der Waals surface area contributed by atoms with Gasteiger partial charge in [0.05, 0.1) is 17.9 Å². The molecule has 0 saturated carbocycles. The first-order chi connectivity index (χ1) is 13.0. The summed E-state index contributed by atoms with van der Waals surface area (Å²) in [4.78, 5) is 14.8. The average molecular weight is 363 g/mol. The Balaban J connectivity index is 2.13. The number of benzene rings is 2. The van der Waals surface area contributed by atoms with Gasteiger partial charge in [-0.15, -0.1) is 0 Å². The maximum Gasteiger partial charge on any atom is 0.257 e. The maximum atomic E-state index is 13.1. The second-order valence-corrected chi connectivity index (χ2v) is 6.58. The van der Waals surface area contributed by atoms with E-state index in [2.05, 4.69) is 19.9 Å². The van der Waals surface area contributed by atoms with E-state index in [-0.39, 0.29) is 12.5 Å². The van der Waals surface area contributed by atoms with Crippen LogP contribution in [-0.4, -0.2) is 45.4 Å². The van der Waals surface area contributed by atoms with Gasteiger partial charge in [0.25, 0.3) is 5.91 Å². The normalized spacial score (nSPS) is 10.8. The van der Waals surface area contributed by atoms with Crippen LogP contribution in [-0.2, 0) is 0 Å². The number of hydrogen-bond acceptors (Lipinski definition) is 3. The van der Waals surface area contributed by atoms with Crippen LogP contribution in [0, 0.1) is 13.8 Å². The van der Waals surface area contributed by atoms with Gasteiger partial charge in [-0.3, -0.25) is 4.79 Å². The van der Waals surface area contributed by atoms with Crippen molar-refractivity contribution >= 4 is 5.91 Å². The fourth-order valence-electron chi connectivity index (χ4n) is 3.04. The van der Waals surface area contributed by atoms with Crippen molar-refractivity contribution in [3.63, 3.8) is 0 Å². The highest BCUT2D eigenvalue weighted by Gasteiger charge is 2.22. The van der Waals surface area contributed by atoms with Crippen molar-refractivity contribution in [3.05, 3.63) is 71.4 Å². The Morgan fingerprint density at radius 2 is 1.85 bits per heavy atom. The fourth-order valence-corrected chi connectivity index (χ4v) is 3.04. The third kappa shape index (κ3) is 3.93. The van der Waals surface area contributed by atoms with Crippen LogP contribution in [0.25, 0.3) is 16.9 Å². The smallest absolute Gasteiger partial charge is 0.257 e. The average Bonchev–Trinajstić information content (AvgIpc) is 3.14.